The van der Waals surface area contributed by atoms with E-state index in [0.717, 1.165) is 66.1 Å². The zero-order valence-electron chi connectivity index (χ0n) is 30.0. The van der Waals surface area contributed by atoms with Gasteiger partial charge in [0.2, 0.25) is 0 Å². The maximum atomic E-state index is 13.9. The molecule has 7 aromatic carbocycles. The minimum absolute atomic E-state index is 0.210. The van der Waals surface area contributed by atoms with Gasteiger partial charge in [0.15, 0.2) is 0 Å². The number of carbonyl (C=O) groups excluding carboxylic acids is 2. The third kappa shape index (κ3) is 5.42. The smallest absolute Gasteiger partial charge is 0.338 e. The van der Waals surface area contributed by atoms with Crippen molar-refractivity contribution in [2.45, 2.75) is 13.8 Å². The topological polar surface area (TPSA) is 62.5 Å². The maximum Gasteiger partial charge on any atom is 0.338 e. The van der Waals surface area contributed by atoms with E-state index in [4.69, 9.17) is 9.47 Å². The van der Waals surface area contributed by atoms with E-state index in [-0.39, 0.29) is 13.2 Å². The normalized spacial score (nSPS) is 11.4. The average Bonchev–Trinajstić information content (AvgIpc) is 3.73. The number of ether oxygens (including phenoxy) is 2. The van der Waals surface area contributed by atoms with Gasteiger partial charge in [0.1, 0.15) is 0 Å². The van der Waals surface area contributed by atoms with Gasteiger partial charge in [0, 0.05) is 32.9 Å². The second-order valence-electron chi connectivity index (χ2n) is 13.2. The molecule has 0 unspecified atom stereocenters. The number of carbonyl (C=O) groups is 2. The third-order valence-corrected chi connectivity index (χ3v) is 10.1. The summed E-state index contributed by atoms with van der Waals surface area (Å²) in [6.07, 6.45) is 0. The van der Waals surface area contributed by atoms with E-state index in [1.807, 2.05) is 72.8 Å². The first-order chi connectivity index (χ1) is 26.6. The zero-order valence-corrected chi connectivity index (χ0v) is 30.0. The number of aromatic nitrogens is 2. The number of benzene rings is 7. The molecule has 0 aliphatic carbocycles. The molecule has 0 saturated heterocycles. The number of para-hydroxylation sites is 4. The summed E-state index contributed by atoms with van der Waals surface area (Å²) < 4.78 is 15.8. The number of fused-ring (bicyclic) bond motifs is 6. The lowest BCUT2D eigenvalue weighted by Gasteiger charge is -2.17. The van der Waals surface area contributed by atoms with Gasteiger partial charge in [-0.15, -0.1) is 0 Å². The van der Waals surface area contributed by atoms with Crippen LogP contribution in [0, 0.1) is 0 Å². The van der Waals surface area contributed by atoms with Gasteiger partial charge in [0.25, 0.3) is 0 Å². The Morgan fingerprint density at radius 2 is 0.796 bits per heavy atom. The molecule has 0 aliphatic heterocycles. The first-order valence-corrected chi connectivity index (χ1v) is 18.3. The highest BCUT2D eigenvalue weighted by Crippen LogP contribution is 2.40. The fraction of sp³-hybridized carbons (Fsp3) is 0.0833. The highest BCUT2D eigenvalue weighted by Gasteiger charge is 2.25. The Kier molecular flexibility index (Phi) is 8.28. The van der Waals surface area contributed by atoms with E-state index in [9.17, 15) is 9.59 Å². The molecule has 0 N–H and O–H groups in total. The minimum Gasteiger partial charge on any atom is -0.462 e. The summed E-state index contributed by atoms with van der Waals surface area (Å²) in [5.74, 6) is -0.921. The molecule has 0 amide bonds. The Morgan fingerprint density at radius 1 is 0.426 bits per heavy atom. The van der Waals surface area contributed by atoms with Crippen molar-refractivity contribution in [3.63, 3.8) is 0 Å². The van der Waals surface area contributed by atoms with Crippen LogP contribution in [0.2, 0.25) is 0 Å². The van der Waals surface area contributed by atoms with Crippen LogP contribution in [-0.4, -0.2) is 34.3 Å². The third-order valence-electron chi connectivity index (χ3n) is 10.1. The van der Waals surface area contributed by atoms with Gasteiger partial charge in [-0.1, -0.05) is 84.9 Å². The number of hydrogen-bond donors (Lipinski definition) is 0. The van der Waals surface area contributed by atoms with Gasteiger partial charge in [-0.05, 0) is 109 Å². The molecule has 0 atom stereocenters. The quantitative estimate of drug-likeness (QED) is 0.148. The van der Waals surface area contributed by atoms with Gasteiger partial charge < -0.3 is 18.6 Å². The molecule has 9 aromatic rings. The Morgan fingerprint density at radius 3 is 1.20 bits per heavy atom. The van der Waals surface area contributed by atoms with Gasteiger partial charge in [-0.25, -0.2) is 9.59 Å². The van der Waals surface area contributed by atoms with E-state index in [2.05, 4.69) is 81.9 Å². The van der Waals surface area contributed by atoms with Gasteiger partial charge >= 0.3 is 11.9 Å². The predicted octanol–water partition coefficient (Wildman–Crippen LogP) is 11.6. The largest absolute Gasteiger partial charge is 0.462 e. The van der Waals surface area contributed by atoms with Crippen LogP contribution in [0.3, 0.4) is 0 Å². The summed E-state index contributed by atoms with van der Waals surface area (Å²) in [6.45, 7) is 4.02. The molecule has 0 radical (unpaired) electrons. The van der Waals surface area contributed by atoms with Crippen LogP contribution in [0.4, 0.5) is 0 Å². The molecule has 0 aliphatic rings. The van der Waals surface area contributed by atoms with Crippen LogP contribution in [-0.2, 0) is 9.47 Å². The van der Waals surface area contributed by atoms with E-state index in [1.165, 1.54) is 0 Å². The lowest BCUT2D eigenvalue weighted by Crippen LogP contribution is -2.12. The zero-order chi connectivity index (χ0) is 36.8. The highest BCUT2D eigenvalue weighted by molar-refractivity contribution is 6.13. The Bertz CT molecular complexity index is 2690. The van der Waals surface area contributed by atoms with E-state index >= 15 is 0 Å². The van der Waals surface area contributed by atoms with E-state index in [0.29, 0.717) is 22.3 Å². The molecule has 262 valence electrons. The highest BCUT2D eigenvalue weighted by atomic mass is 16.5. The van der Waals surface area contributed by atoms with Crippen molar-refractivity contribution < 1.29 is 19.1 Å². The lowest BCUT2D eigenvalue weighted by molar-refractivity contribution is 0.0513. The molecule has 54 heavy (non-hydrogen) atoms. The lowest BCUT2D eigenvalue weighted by atomic mass is 9.89. The Hall–Kier alpha value is -6.92. The van der Waals surface area contributed by atoms with Crippen LogP contribution >= 0.6 is 0 Å². The van der Waals surface area contributed by atoms with Crippen LogP contribution in [0.15, 0.2) is 158 Å². The van der Waals surface area contributed by atoms with E-state index < -0.39 is 11.9 Å². The summed E-state index contributed by atoms with van der Waals surface area (Å²) in [6, 6.07) is 53.2. The summed E-state index contributed by atoms with van der Waals surface area (Å²) in [4.78, 5) is 27.8. The van der Waals surface area contributed by atoms with Crippen LogP contribution in [0.1, 0.15) is 34.6 Å². The monoisotopic (exact) mass is 704 g/mol. The maximum absolute atomic E-state index is 13.9. The molecule has 9 rings (SSSR count). The van der Waals surface area contributed by atoms with Crippen LogP contribution in [0.25, 0.3) is 77.2 Å². The summed E-state index contributed by atoms with van der Waals surface area (Å²) >= 11 is 0. The summed E-state index contributed by atoms with van der Waals surface area (Å²) in [7, 11) is 0. The number of hydrogen-bond acceptors (Lipinski definition) is 4. The molecule has 0 spiro atoms. The van der Waals surface area contributed by atoms with Crippen molar-refractivity contribution in [1.82, 2.24) is 9.13 Å². The SMILES string of the molecule is CCOC(=O)c1cc(-c2ccc3c(c2)c2ccccc2n3-c2ccccc2)c(C(=O)OCC)cc1-c1ccc2c(c1)c1ccccc1n2-c1ccccc1. The minimum atomic E-state index is -0.460. The fourth-order valence-corrected chi connectivity index (χ4v) is 7.82. The van der Waals surface area contributed by atoms with Crippen LogP contribution < -0.4 is 0 Å². The van der Waals surface area contributed by atoms with Crippen molar-refractivity contribution in [3.8, 4) is 33.6 Å². The van der Waals surface area contributed by atoms with Crippen molar-refractivity contribution in [1.29, 1.82) is 0 Å². The molecular weight excluding hydrogens is 669 g/mol. The number of rotatable bonds is 8. The van der Waals surface area contributed by atoms with Crippen molar-refractivity contribution in [3.05, 3.63) is 169 Å². The number of nitrogens with zero attached hydrogens (tertiary/aromatic N) is 2. The summed E-state index contributed by atoms with van der Waals surface area (Å²) in [5, 5.41) is 4.23. The average molecular weight is 705 g/mol. The van der Waals surface area contributed by atoms with Crippen LogP contribution in [0.5, 0.6) is 0 Å². The second kappa shape index (κ2) is 13.6. The molecule has 0 fully saturated rings. The van der Waals surface area contributed by atoms with Gasteiger partial charge in [-0.2, -0.15) is 0 Å². The predicted molar refractivity (Wildman–Crippen MR) is 218 cm³/mol. The molecular formula is C48H36N2O4. The standard InChI is InChI=1S/C48H36N2O4/c1-3-53-47(51)41-29-38(32-24-26-46-40(28-32)36-20-12-14-22-44(36)50(46)34-17-9-6-10-18-34)42(48(52)54-4-2)30-37(41)31-23-25-45-39(27-31)35-19-11-13-21-43(35)49(45)33-15-7-5-8-16-33/h5-30H,3-4H2,1-2H3. The number of esters is 2. The van der Waals surface area contributed by atoms with Crippen molar-refractivity contribution >= 4 is 55.6 Å². The van der Waals surface area contributed by atoms with E-state index in [1.54, 1.807) is 26.0 Å². The first kappa shape index (κ1) is 33.0. The molecule has 0 bridgehead atoms. The van der Waals surface area contributed by atoms with Crippen molar-refractivity contribution in [2.24, 2.45) is 0 Å². The summed E-state index contributed by atoms with van der Waals surface area (Å²) in [5.41, 5.74) is 9.86. The molecule has 2 aromatic heterocycles. The fourth-order valence-electron chi connectivity index (χ4n) is 7.82. The molecule has 6 heteroatoms. The Labute approximate surface area is 312 Å². The van der Waals surface area contributed by atoms with Crippen molar-refractivity contribution in [2.75, 3.05) is 13.2 Å². The second-order valence-corrected chi connectivity index (χ2v) is 13.2. The molecule has 2 heterocycles. The Balaban J connectivity index is 1.28. The first-order valence-electron chi connectivity index (χ1n) is 18.3. The molecule has 0 saturated carbocycles. The van der Waals surface area contributed by atoms with Gasteiger partial charge in [0.05, 0.1) is 46.4 Å². The van der Waals surface area contributed by atoms with Gasteiger partial charge in [-0.3, -0.25) is 0 Å². The molecule has 6 nitrogen and oxygen atoms in total.